The molecule has 200 valence electrons. The van der Waals surface area contributed by atoms with E-state index >= 15 is 0 Å². The Bertz CT molecular complexity index is 1630. The van der Waals surface area contributed by atoms with Crippen LogP contribution in [0.1, 0.15) is 18.4 Å². The Balaban J connectivity index is 1.22. The van der Waals surface area contributed by atoms with E-state index in [1.807, 2.05) is 31.3 Å². The number of ether oxygens (including phenoxy) is 2. The Morgan fingerprint density at radius 1 is 1.03 bits per heavy atom. The number of nitrogens with zero attached hydrogens (tertiary/aromatic N) is 3. The Hall–Kier alpha value is -4.31. The number of oxazole rings is 1. The molecule has 39 heavy (non-hydrogen) atoms. The minimum Gasteiger partial charge on any atom is -0.491 e. The topological polar surface area (TPSA) is 72.7 Å². The number of alkyl halides is 3. The van der Waals surface area contributed by atoms with Crippen LogP contribution in [0.4, 0.5) is 24.9 Å². The van der Waals surface area contributed by atoms with Crippen LogP contribution in [0.2, 0.25) is 0 Å². The smallest absolute Gasteiger partial charge is 0.419 e. The first-order valence-electron chi connectivity index (χ1n) is 12.6. The SMILES string of the molecule is CN1CCCC1COc1cc(Nc2nc3cc(Oc4ccnc5ccccc45)ccc3o2)ccc1C(F)(F)F. The first-order chi connectivity index (χ1) is 18.8. The molecule has 1 atom stereocenters. The molecule has 6 rings (SSSR count). The number of aromatic nitrogens is 2. The van der Waals surface area contributed by atoms with Gasteiger partial charge in [-0.3, -0.25) is 4.98 Å². The summed E-state index contributed by atoms with van der Waals surface area (Å²) >= 11 is 0. The summed E-state index contributed by atoms with van der Waals surface area (Å²) in [4.78, 5) is 10.9. The second-order valence-electron chi connectivity index (χ2n) is 9.50. The third-order valence-corrected chi connectivity index (χ3v) is 6.84. The van der Waals surface area contributed by atoms with Crippen LogP contribution in [0.3, 0.4) is 0 Å². The number of nitrogens with one attached hydrogen (secondary N) is 1. The van der Waals surface area contributed by atoms with Crippen molar-refractivity contribution in [3.63, 3.8) is 0 Å². The monoisotopic (exact) mass is 534 g/mol. The van der Waals surface area contributed by atoms with Gasteiger partial charge in [-0.05, 0) is 68.9 Å². The average Bonchev–Trinajstić information content (AvgIpc) is 3.51. The predicted octanol–water partition coefficient (Wildman–Crippen LogP) is 7.40. The summed E-state index contributed by atoms with van der Waals surface area (Å²) in [6.45, 7) is 1.09. The lowest BCUT2D eigenvalue weighted by Gasteiger charge is -2.21. The maximum atomic E-state index is 13.6. The fourth-order valence-electron chi connectivity index (χ4n) is 4.76. The van der Waals surface area contributed by atoms with E-state index in [-0.39, 0.29) is 24.4 Å². The summed E-state index contributed by atoms with van der Waals surface area (Å²) in [5.74, 6) is 0.979. The molecule has 3 heterocycles. The number of hydrogen-bond donors (Lipinski definition) is 1. The van der Waals surface area contributed by atoms with Crippen molar-refractivity contribution in [2.75, 3.05) is 25.5 Å². The number of benzene rings is 3. The van der Waals surface area contributed by atoms with Gasteiger partial charge < -0.3 is 24.1 Å². The molecule has 10 heteroatoms. The molecule has 7 nitrogen and oxygen atoms in total. The molecule has 0 radical (unpaired) electrons. The van der Waals surface area contributed by atoms with E-state index in [0.29, 0.717) is 28.3 Å². The summed E-state index contributed by atoms with van der Waals surface area (Å²) in [7, 11) is 1.95. The molecule has 1 N–H and O–H groups in total. The molecule has 1 aliphatic heterocycles. The zero-order valence-electron chi connectivity index (χ0n) is 21.0. The van der Waals surface area contributed by atoms with Crippen LogP contribution < -0.4 is 14.8 Å². The highest BCUT2D eigenvalue weighted by Gasteiger charge is 2.35. The van der Waals surface area contributed by atoms with Crippen molar-refractivity contribution in [2.24, 2.45) is 0 Å². The van der Waals surface area contributed by atoms with Gasteiger partial charge in [0.1, 0.15) is 29.4 Å². The van der Waals surface area contributed by atoms with E-state index < -0.39 is 11.7 Å². The first kappa shape index (κ1) is 25.0. The van der Waals surface area contributed by atoms with Crippen LogP contribution in [0, 0.1) is 0 Å². The average molecular weight is 535 g/mol. The zero-order chi connectivity index (χ0) is 27.0. The fourth-order valence-corrected chi connectivity index (χ4v) is 4.76. The van der Waals surface area contributed by atoms with Crippen molar-refractivity contribution < 1.29 is 27.1 Å². The largest absolute Gasteiger partial charge is 0.491 e. The van der Waals surface area contributed by atoms with E-state index in [4.69, 9.17) is 13.9 Å². The van der Waals surface area contributed by atoms with Crippen molar-refractivity contribution in [1.82, 2.24) is 14.9 Å². The molecule has 1 fully saturated rings. The van der Waals surface area contributed by atoms with Gasteiger partial charge in [-0.1, -0.05) is 12.1 Å². The van der Waals surface area contributed by atoms with E-state index in [1.165, 1.54) is 12.1 Å². The van der Waals surface area contributed by atoms with Gasteiger partial charge in [0.05, 0.1) is 11.1 Å². The fraction of sp³-hybridized carbons (Fsp3) is 0.241. The molecular weight excluding hydrogens is 509 g/mol. The molecule has 1 aliphatic rings. The van der Waals surface area contributed by atoms with Gasteiger partial charge in [-0.25, -0.2) is 0 Å². The number of hydrogen-bond acceptors (Lipinski definition) is 7. The van der Waals surface area contributed by atoms with Crippen molar-refractivity contribution in [1.29, 1.82) is 0 Å². The quantitative estimate of drug-likeness (QED) is 0.233. The zero-order valence-corrected chi connectivity index (χ0v) is 21.0. The number of fused-ring (bicyclic) bond motifs is 2. The molecule has 2 aromatic heterocycles. The molecule has 5 aromatic rings. The standard InChI is InChI=1S/C29H25F3N4O3/c1-36-14-4-5-19(36)17-37-27-15-18(8-10-22(27)29(30,31)32)34-28-35-24-16-20(9-11-26(24)39-28)38-25-12-13-33-23-7-3-2-6-21(23)25/h2-3,6-13,15-16,19H,4-5,14,17H2,1H3,(H,34,35). The molecule has 0 saturated carbocycles. The molecule has 1 saturated heterocycles. The van der Waals surface area contributed by atoms with Crippen molar-refractivity contribution >= 4 is 33.7 Å². The second kappa shape index (κ2) is 10.1. The number of halogens is 3. The minimum absolute atomic E-state index is 0.0845. The number of pyridine rings is 1. The maximum Gasteiger partial charge on any atom is 0.419 e. The molecular formula is C29H25F3N4O3. The minimum atomic E-state index is -4.54. The summed E-state index contributed by atoms with van der Waals surface area (Å²) < 4.78 is 58.5. The van der Waals surface area contributed by atoms with Crippen molar-refractivity contribution in [3.05, 3.63) is 78.5 Å². The summed E-state index contributed by atoms with van der Waals surface area (Å²) in [6, 6.07) is 18.6. The van der Waals surface area contributed by atoms with Crippen LogP contribution in [-0.4, -0.2) is 41.1 Å². The molecule has 0 amide bonds. The van der Waals surface area contributed by atoms with Gasteiger partial charge >= 0.3 is 6.18 Å². The van der Waals surface area contributed by atoms with Gasteiger partial charge in [0, 0.05) is 35.4 Å². The highest BCUT2D eigenvalue weighted by Crippen LogP contribution is 2.39. The third kappa shape index (κ3) is 5.33. The van der Waals surface area contributed by atoms with Crippen LogP contribution in [0.5, 0.6) is 17.2 Å². The summed E-state index contributed by atoms with van der Waals surface area (Å²) in [5, 5.41) is 3.84. The van der Waals surface area contributed by atoms with E-state index in [0.717, 1.165) is 36.4 Å². The molecule has 1 unspecified atom stereocenters. The number of rotatable bonds is 7. The lowest BCUT2D eigenvalue weighted by atomic mass is 10.1. The Kier molecular flexibility index (Phi) is 6.48. The Morgan fingerprint density at radius 2 is 1.90 bits per heavy atom. The lowest BCUT2D eigenvalue weighted by molar-refractivity contribution is -0.139. The molecule has 3 aromatic carbocycles. The summed E-state index contributed by atoms with van der Waals surface area (Å²) in [6.07, 6.45) is -0.963. The highest BCUT2D eigenvalue weighted by atomic mass is 19.4. The van der Waals surface area contributed by atoms with Crippen LogP contribution in [0.25, 0.3) is 22.0 Å². The van der Waals surface area contributed by atoms with Gasteiger partial charge in [0.15, 0.2) is 5.58 Å². The van der Waals surface area contributed by atoms with E-state index in [9.17, 15) is 13.2 Å². The normalized spacial score (nSPS) is 16.2. The van der Waals surface area contributed by atoms with Crippen LogP contribution >= 0.6 is 0 Å². The number of para-hydroxylation sites is 1. The number of likely N-dealkylation sites (tertiary alicyclic amines) is 1. The second-order valence-corrected chi connectivity index (χ2v) is 9.50. The lowest BCUT2D eigenvalue weighted by Crippen LogP contribution is -2.31. The molecule has 0 aliphatic carbocycles. The molecule has 0 spiro atoms. The molecule has 0 bridgehead atoms. The highest BCUT2D eigenvalue weighted by molar-refractivity contribution is 5.85. The predicted molar refractivity (Wildman–Crippen MR) is 142 cm³/mol. The van der Waals surface area contributed by atoms with Gasteiger partial charge in [-0.2, -0.15) is 18.2 Å². The van der Waals surface area contributed by atoms with Gasteiger partial charge in [0.2, 0.25) is 0 Å². The van der Waals surface area contributed by atoms with Gasteiger partial charge in [-0.15, -0.1) is 0 Å². The van der Waals surface area contributed by atoms with Crippen molar-refractivity contribution in [2.45, 2.75) is 25.1 Å². The maximum absolute atomic E-state index is 13.6. The number of likely N-dealkylation sites (N-methyl/N-ethyl adjacent to an activating group) is 1. The summed E-state index contributed by atoms with van der Waals surface area (Å²) in [5.41, 5.74) is 1.39. The van der Waals surface area contributed by atoms with E-state index in [1.54, 1.807) is 30.5 Å². The third-order valence-electron chi connectivity index (χ3n) is 6.84. The van der Waals surface area contributed by atoms with Gasteiger partial charge in [0.25, 0.3) is 6.01 Å². The Morgan fingerprint density at radius 3 is 2.72 bits per heavy atom. The van der Waals surface area contributed by atoms with Crippen LogP contribution in [-0.2, 0) is 6.18 Å². The Labute approximate surface area is 222 Å². The van der Waals surface area contributed by atoms with E-state index in [2.05, 4.69) is 20.2 Å². The van der Waals surface area contributed by atoms with Crippen molar-refractivity contribution in [3.8, 4) is 17.2 Å². The first-order valence-corrected chi connectivity index (χ1v) is 12.6. The number of anilines is 2. The van der Waals surface area contributed by atoms with Crippen LogP contribution in [0.15, 0.2) is 77.3 Å².